The first-order valence-electron chi connectivity index (χ1n) is 7.54. The minimum atomic E-state index is -0.393. The molecule has 1 aliphatic heterocycles. The van der Waals surface area contributed by atoms with Crippen molar-refractivity contribution in [1.29, 1.82) is 0 Å². The van der Waals surface area contributed by atoms with Crippen molar-refractivity contribution in [2.75, 3.05) is 24.6 Å². The lowest BCUT2D eigenvalue weighted by atomic mass is 10.1. The number of thioether (sulfide) groups is 1. The third-order valence-corrected chi connectivity index (χ3v) is 4.82. The molecule has 1 atom stereocenters. The van der Waals surface area contributed by atoms with Crippen LogP contribution in [0.15, 0.2) is 41.6 Å². The molecule has 0 bridgehead atoms. The van der Waals surface area contributed by atoms with Gasteiger partial charge in [0.15, 0.2) is 5.16 Å². The van der Waals surface area contributed by atoms with E-state index in [-0.39, 0.29) is 5.91 Å². The molecule has 0 radical (unpaired) electrons. The molecule has 2 aromatic rings. The van der Waals surface area contributed by atoms with Crippen LogP contribution >= 0.6 is 11.8 Å². The molecule has 1 aromatic heterocycles. The van der Waals surface area contributed by atoms with Gasteiger partial charge in [-0.05, 0) is 18.4 Å². The zero-order chi connectivity index (χ0) is 16.2. The van der Waals surface area contributed by atoms with Crippen LogP contribution < -0.4 is 11.5 Å². The Kier molecular flexibility index (Phi) is 4.66. The molecule has 1 fully saturated rings. The van der Waals surface area contributed by atoms with Gasteiger partial charge >= 0.3 is 0 Å². The summed E-state index contributed by atoms with van der Waals surface area (Å²) in [5.41, 5.74) is 12.4. The number of nitrogens with zero attached hydrogens (tertiary/aromatic N) is 3. The molecule has 0 spiro atoms. The number of carbonyl (C=O) groups excluding carboxylic acids is 1. The number of likely N-dealkylation sites (tertiary alicyclic amines) is 1. The van der Waals surface area contributed by atoms with E-state index in [9.17, 15) is 4.79 Å². The molecule has 1 aliphatic rings. The van der Waals surface area contributed by atoms with E-state index in [1.54, 1.807) is 0 Å². The topological polar surface area (TPSA) is 98.1 Å². The van der Waals surface area contributed by atoms with Crippen LogP contribution in [0.4, 0.5) is 11.6 Å². The van der Waals surface area contributed by atoms with Crippen LogP contribution in [0.1, 0.15) is 23.7 Å². The summed E-state index contributed by atoms with van der Waals surface area (Å²) in [5.74, 6) is 0.698. The van der Waals surface area contributed by atoms with E-state index in [0.717, 1.165) is 31.5 Å². The second kappa shape index (κ2) is 6.87. The SMILES string of the molecule is Nc1cc(N)nc(SC(C(=O)N2CCCC2)c2ccccc2)n1. The fourth-order valence-corrected chi connectivity index (χ4v) is 3.68. The third-order valence-electron chi connectivity index (χ3n) is 3.71. The number of nitrogens with two attached hydrogens (primary N) is 2. The molecule has 3 rings (SSSR count). The fraction of sp³-hybridized carbons (Fsp3) is 0.312. The van der Waals surface area contributed by atoms with Gasteiger partial charge in [-0.3, -0.25) is 4.79 Å². The molecular weight excluding hydrogens is 310 g/mol. The van der Waals surface area contributed by atoms with Crippen molar-refractivity contribution in [2.45, 2.75) is 23.2 Å². The lowest BCUT2D eigenvalue weighted by Gasteiger charge is -2.22. The Morgan fingerprint density at radius 3 is 2.30 bits per heavy atom. The maximum absolute atomic E-state index is 12.9. The van der Waals surface area contributed by atoms with Crippen LogP contribution in [0.25, 0.3) is 0 Å². The lowest BCUT2D eigenvalue weighted by molar-refractivity contribution is -0.129. The Morgan fingerprint density at radius 2 is 1.70 bits per heavy atom. The van der Waals surface area contributed by atoms with E-state index in [4.69, 9.17) is 11.5 Å². The second-order valence-corrected chi connectivity index (χ2v) is 6.51. The lowest BCUT2D eigenvalue weighted by Crippen LogP contribution is -2.31. The van der Waals surface area contributed by atoms with Gasteiger partial charge in [-0.1, -0.05) is 42.1 Å². The summed E-state index contributed by atoms with van der Waals surface area (Å²) >= 11 is 1.29. The predicted octanol–water partition coefficient (Wildman–Crippen LogP) is 2.10. The van der Waals surface area contributed by atoms with Crippen molar-refractivity contribution in [3.8, 4) is 0 Å². The molecule has 1 aromatic carbocycles. The van der Waals surface area contributed by atoms with Crippen molar-refractivity contribution in [1.82, 2.24) is 14.9 Å². The number of carbonyl (C=O) groups is 1. The maximum atomic E-state index is 12.9. The van der Waals surface area contributed by atoms with Crippen LogP contribution in [-0.4, -0.2) is 33.9 Å². The monoisotopic (exact) mass is 329 g/mol. The largest absolute Gasteiger partial charge is 0.383 e. The van der Waals surface area contributed by atoms with E-state index >= 15 is 0 Å². The summed E-state index contributed by atoms with van der Waals surface area (Å²) in [5, 5.41) is 0.0272. The standard InChI is InChI=1S/C16H19N5OS/c17-12-10-13(18)20-16(19-12)23-14(11-6-2-1-3-7-11)15(22)21-8-4-5-9-21/h1-3,6-7,10,14H,4-5,8-9H2,(H4,17,18,19,20). The number of anilines is 2. The van der Waals surface area contributed by atoms with E-state index in [1.807, 2.05) is 35.2 Å². The quantitative estimate of drug-likeness (QED) is 0.658. The van der Waals surface area contributed by atoms with Crippen molar-refractivity contribution in [3.63, 3.8) is 0 Å². The van der Waals surface area contributed by atoms with Gasteiger partial charge < -0.3 is 16.4 Å². The van der Waals surface area contributed by atoms with Crippen LogP contribution in [0.2, 0.25) is 0 Å². The third kappa shape index (κ3) is 3.73. The molecule has 23 heavy (non-hydrogen) atoms. The van der Waals surface area contributed by atoms with E-state index < -0.39 is 5.25 Å². The number of nitrogen functional groups attached to an aromatic ring is 2. The minimum Gasteiger partial charge on any atom is -0.383 e. The zero-order valence-electron chi connectivity index (χ0n) is 12.7. The first kappa shape index (κ1) is 15.6. The second-order valence-electron chi connectivity index (χ2n) is 5.44. The summed E-state index contributed by atoms with van der Waals surface area (Å²) in [6.45, 7) is 1.62. The summed E-state index contributed by atoms with van der Waals surface area (Å²) in [7, 11) is 0. The molecule has 1 amide bonds. The number of rotatable bonds is 4. The van der Waals surface area contributed by atoms with Crippen molar-refractivity contribution >= 4 is 29.3 Å². The number of aromatic nitrogens is 2. The Balaban J connectivity index is 1.90. The molecule has 1 saturated heterocycles. The molecule has 4 N–H and O–H groups in total. The highest BCUT2D eigenvalue weighted by Gasteiger charge is 2.29. The Hall–Kier alpha value is -2.28. The van der Waals surface area contributed by atoms with Crippen LogP contribution in [0.5, 0.6) is 0 Å². The van der Waals surface area contributed by atoms with Gasteiger partial charge in [0, 0.05) is 19.2 Å². The molecule has 1 unspecified atom stereocenters. The maximum Gasteiger partial charge on any atom is 0.240 e. The van der Waals surface area contributed by atoms with Gasteiger partial charge in [-0.2, -0.15) is 0 Å². The zero-order valence-corrected chi connectivity index (χ0v) is 13.5. The fourth-order valence-electron chi connectivity index (χ4n) is 2.61. The molecule has 0 saturated carbocycles. The van der Waals surface area contributed by atoms with Crippen LogP contribution in [0.3, 0.4) is 0 Å². The van der Waals surface area contributed by atoms with E-state index in [2.05, 4.69) is 9.97 Å². The van der Waals surface area contributed by atoms with Crippen molar-refractivity contribution in [2.24, 2.45) is 0 Å². The van der Waals surface area contributed by atoms with Gasteiger partial charge in [0.25, 0.3) is 0 Å². The Morgan fingerprint density at radius 1 is 1.09 bits per heavy atom. The Labute approximate surface area is 139 Å². The Bertz CT molecular complexity index is 668. The van der Waals surface area contributed by atoms with Gasteiger partial charge in [0.1, 0.15) is 16.9 Å². The summed E-state index contributed by atoms with van der Waals surface area (Å²) in [6.07, 6.45) is 2.11. The first-order valence-corrected chi connectivity index (χ1v) is 8.42. The van der Waals surface area contributed by atoms with E-state index in [0.29, 0.717) is 16.8 Å². The van der Waals surface area contributed by atoms with E-state index in [1.165, 1.54) is 17.8 Å². The average molecular weight is 329 g/mol. The van der Waals surface area contributed by atoms with Gasteiger partial charge in [-0.25, -0.2) is 9.97 Å². The smallest absolute Gasteiger partial charge is 0.240 e. The van der Waals surface area contributed by atoms with Crippen LogP contribution in [0, 0.1) is 0 Å². The first-order chi connectivity index (χ1) is 11.1. The molecular formula is C16H19N5OS. The predicted molar refractivity (Wildman–Crippen MR) is 91.7 cm³/mol. The normalized spacial score (nSPS) is 15.6. The van der Waals surface area contributed by atoms with Gasteiger partial charge in [-0.15, -0.1) is 0 Å². The number of hydrogen-bond acceptors (Lipinski definition) is 6. The highest BCUT2D eigenvalue weighted by Crippen LogP contribution is 2.36. The number of amides is 1. The minimum absolute atomic E-state index is 0.0864. The number of hydrogen-bond donors (Lipinski definition) is 2. The van der Waals surface area contributed by atoms with Crippen molar-refractivity contribution in [3.05, 3.63) is 42.0 Å². The summed E-state index contributed by atoms with van der Waals surface area (Å²) in [6, 6.07) is 11.2. The van der Waals surface area contributed by atoms with Crippen LogP contribution in [-0.2, 0) is 4.79 Å². The van der Waals surface area contributed by atoms with Gasteiger partial charge in [0.2, 0.25) is 5.91 Å². The molecule has 7 heteroatoms. The average Bonchev–Trinajstić information content (AvgIpc) is 3.06. The summed E-state index contributed by atoms with van der Waals surface area (Å²) in [4.78, 5) is 23.2. The highest BCUT2D eigenvalue weighted by atomic mass is 32.2. The molecule has 120 valence electrons. The molecule has 0 aliphatic carbocycles. The van der Waals surface area contributed by atoms with Gasteiger partial charge in [0.05, 0.1) is 0 Å². The molecule has 2 heterocycles. The van der Waals surface area contributed by atoms with Crippen molar-refractivity contribution < 1.29 is 4.79 Å². The molecule has 6 nitrogen and oxygen atoms in total. The summed E-state index contributed by atoms with van der Waals surface area (Å²) < 4.78 is 0. The highest BCUT2D eigenvalue weighted by molar-refractivity contribution is 8.00. The number of benzene rings is 1.